The molecule has 2 atom stereocenters. The molecule has 0 saturated heterocycles. The molecule has 1 aliphatic rings. The molecule has 0 aliphatic heterocycles. The molecule has 0 amide bonds. The normalized spacial score (nSPS) is 18.2. The zero-order valence-electron chi connectivity index (χ0n) is 14.4. The summed E-state index contributed by atoms with van der Waals surface area (Å²) in [6.07, 6.45) is 4.00. The average Bonchev–Trinajstić information content (AvgIpc) is 3.28. The summed E-state index contributed by atoms with van der Waals surface area (Å²) in [5, 5.41) is 3.48. The topological polar surface area (TPSA) is 15.3 Å². The van der Waals surface area contributed by atoms with Crippen LogP contribution in [0.25, 0.3) is 0 Å². The van der Waals surface area contributed by atoms with E-state index in [1.165, 1.54) is 30.4 Å². The first kappa shape index (κ1) is 16.5. The Bertz CT molecular complexity index is 420. The Balaban J connectivity index is 1.96. The predicted molar refractivity (Wildman–Crippen MR) is 91.6 cm³/mol. The number of hydrogen-bond acceptors (Lipinski definition) is 2. The molecule has 0 radical (unpaired) electrons. The zero-order valence-corrected chi connectivity index (χ0v) is 14.4. The van der Waals surface area contributed by atoms with Crippen molar-refractivity contribution < 1.29 is 0 Å². The number of likely N-dealkylation sites (N-methyl/N-ethyl adjacent to an activating group) is 2. The first-order chi connectivity index (χ1) is 10.0. The minimum absolute atomic E-state index is 0.421. The summed E-state index contributed by atoms with van der Waals surface area (Å²) < 4.78 is 0. The van der Waals surface area contributed by atoms with Gasteiger partial charge in [0.2, 0.25) is 0 Å². The predicted octanol–water partition coefficient (Wildman–Crippen LogP) is 3.88. The minimum Gasteiger partial charge on any atom is -0.312 e. The van der Waals surface area contributed by atoms with Crippen LogP contribution in [0.15, 0.2) is 24.3 Å². The van der Waals surface area contributed by atoms with Gasteiger partial charge in [-0.3, -0.25) is 0 Å². The first-order valence-electron chi connectivity index (χ1n) is 8.47. The van der Waals surface area contributed by atoms with Crippen LogP contribution in [0.1, 0.15) is 50.8 Å². The lowest BCUT2D eigenvalue weighted by molar-refractivity contribution is 0.213. The Hall–Kier alpha value is -0.860. The third-order valence-corrected chi connectivity index (χ3v) is 4.84. The van der Waals surface area contributed by atoms with Crippen molar-refractivity contribution in [1.82, 2.24) is 10.2 Å². The van der Waals surface area contributed by atoms with Crippen molar-refractivity contribution in [3.63, 3.8) is 0 Å². The Labute approximate surface area is 130 Å². The molecule has 0 aromatic heterocycles. The van der Waals surface area contributed by atoms with Crippen molar-refractivity contribution in [2.24, 2.45) is 11.8 Å². The van der Waals surface area contributed by atoms with E-state index in [1.807, 2.05) is 0 Å². The van der Waals surface area contributed by atoms with Gasteiger partial charge >= 0.3 is 0 Å². The van der Waals surface area contributed by atoms with Crippen LogP contribution >= 0.6 is 0 Å². The Morgan fingerprint density at radius 1 is 1.14 bits per heavy atom. The smallest absolute Gasteiger partial charge is 0.0446 e. The maximum atomic E-state index is 3.48. The molecule has 0 heterocycles. The minimum atomic E-state index is 0.421. The highest BCUT2D eigenvalue weighted by molar-refractivity contribution is 5.25. The second-order valence-electron chi connectivity index (χ2n) is 7.20. The molecule has 21 heavy (non-hydrogen) atoms. The van der Waals surface area contributed by atoms with E-state index in [1.54, 1.807) is 0 Å². The van der Waals surface area contributed by atoms with Crippen molar-refractivity contribution >= 4 is 0 Å². The standard InChI is InChI=1S/C19H32N2/c1-14(2)12-16-6-8-18(9-7-16)19(20-4)13-21(5)15(3)17-10-11-17/h6-9,14-15,17,19-20H,10-13H2,1-5H3. The van der Waals surface area contributed by atoms with Gasteiger partial charge in [0.15, 0.2) is 0 Å². The fourth-order valence-corrected chi connectivity index (χ4v) is 3.11. The van der Waals surface area contributed by atoms with Gasteiger partial charge in [-0.1, -0.05) is 38.1 Å². The van der Waals surface area contributed by atoms with E-state index in [0.29, 0.717) is 12.1 Å². The van der Waals surface area contributed by atoms with Crippen molar-refractivity contribution in [3.05, 3.63) is 35.4 Å². The molecule has 0 bridgehead atoms. The highest BCUT2D eigenvalue weighted by atomic mass is 15.2. The Morgan fingerprint density at radius 2 is 1.76 bits per heavy atom. The second-order valence-corrected chi connectivity index (χ2v) is 7.20. The lowest BCUT2D eigenvalue weighted by Crippen LogP contribution is -2.37. The van der Waals surface area contributed by atoms with Crippen LogP contribution in [-0.4, -0.2) is 31.6 Å². The van der Waals surface area contributed by atoms with Crippen molar-refractivity contribution in [2.45, 2.75) is 52.1 Å². The highest BCUT2D eigenvalue weighted by Gasteiger charge is 2.31. The van der Waals surface area contributed by atoms with Crippen LogP contribution in [0, 0.1) is 11.8 Å². The van der Waals surface area contributed by atoms with Gasteiger partial charge in [-0.2, -0.15) is 0 Å². The molecular formula is C19H32N2. The molecule has 1 N–H and O–H groups in total. The van der Waals surface area contributed by atoms with E-state index in [9.17, 15) is 0 Å². The summed E-state index contributed by atoms with van der Waals surface area (Å²) >= 11 is 0. The molecule has 1 aromatic rings. The summed E-state index contributed by atoms with van der Waals surface area (Å²) in [5.41, 5.74) is 2.85. The summed E-state index contributed by atoms with van der Waals surface area (Å²) in [7, 11) is 4.34. The van der Waals surface area contributed by atoms with Gasteiger partial charge in [0.1, 0.15) is 0 Å². The van der Waals surface area contributed by atoms with Crippen LogP contribution in [0.3, 0.4) is 0 Å². The van der Waals surface area contributed by atoms with Crippen LogP contribution in [0.5, 0.6) is 0 Å². The van der Waals surface area contributed by atoms with Gasteiger partial charge in [-0.05, 0) is 63.2 Å². The molecule has 2 unspecified atom stereocenters. The summed E-state index contributed by atoms with van der Waals surface area (Å²) in [6, 6.07) is 10.3. The van der Waals surface area contributed by atoms with Crippen molar-refractivity contribution in [2.75, 3.05) is 20.6 Å². The third kappa shape index (κ3) is 4.82. The van der Waals surface area contributed by atoms with E-state index in [4.69, 9.17) is 0 Å². The molecule has 1 aromatic carbocycles. The van der Waals surface area contributed by atoms with Crippen LogP contribution < -0.4 is 5.32 Å². The number of hydrogen-bond donors (Lipinski definition) is 1. The SMILES string of the molecule is CNC(CN(C)C(C)C1CC1)c1ccc(CC(C)C)cc1. The fourth-order valence-electron chi connectivity index (χ4n) is 3.11. The molecule has 2 nitrogen and oxygen atoms in total. The summed E-state index contributed by atoms with van der Waals surface area (Å²) in [5.74, 6) is 1.65. The number of rotatable bonds is 8. The second kappa shape index (κ2) is 7.42. The van der Waals surface area contributed by atoms with Gasteiger partial charge in [0.25, 0.3) is 0 Å². The van der Waals surface area contributed by atoms with Crippen molar-refractivity contribution in [3.8, 4) is 0 Å². The molecule has 2 heteroatoms. The van der Waals surface area contributed by atoms with Gasteiger partial charge < -0.3 is 10.2 Å². The maximum absolute atomic E-state index is 3.48. The van der Waals surface area contributed by atoms with Gasteiger partial charge in [0, 0.05) is 18.6 Å². The zero-order chi connectivity index (χ0) is 15.4. The highest BCUT2D eigenvalue weighted by Crippen LogP contribution is 2.35. The molecule has 2 rings (SSSR count). The Kier molecular flexibility index (Phi) is 5.83. The summed E-state index contributed by atoms with van der Waals surface area (Å²) in [4.78, 5) is 2.51. The van der Waals surface area contributed by atoms with E-state index >= 15 is 0 Å². The van der Waals surface area contributed by atoms with Crippen LogP contribution in [0.4, 0.5) is 0 Å². The van der Waals surface area contributed by atoms with E-state index in [0.717, 1.165) is 18.4 Å². The average molecular weight is 288 g/mol. The number of nitrogens with one attached hydrogen (secondary N) is 1. The number of nitrogens with zero attached hydrogens (tertiary/aromatic N) is 1. The van der Waals surface area contributed by atoms with Gasteiger partial charge in [-0.25, -0.2) is 0 Å². The largest absolute Gasteiger partial charge is 0.312 e. The van der Waals surface area contributed by atoms with E-state index < -0.39 is 0 Å². The van der Waals surface area contributed by atoms with Crippen LogP contribution in [0.2, 0.25) is 0 Å². The maximum Gasteiger partial charge on any atom is 0.0446 e. The lowest BCUT2D eigenvalue weighted by Gasteiger charge is -2.29. The monoisotopic (exact) mass is 288 g/mol. The van der Waals surface area contributed by atoms with E-state index in [-0.39, 0.29) is 0 Å². The van der Waals surface area contributed by atoms with Crippen molar-refractivity contribution in [1.29, 1.82) is 0 Å². The Morgan fingerprint density at radius 3 is 2.24 bits per heavy atom. The lowest BCUT2D eigenvalue weighted by atomic mass is 9.99. The molecule has 118 valence electrons. The quantitative estimate of drug-likeness (QED) is 0.781. The molecule has 1 saturated carbocycles. The molecular weight excluding hydrogens is 256 g/mol. The van der Waals surface area contributed by atoms with Gasteiger partial charge in [-0.15, -0.1) is 0 Å². The fraction of sp³-hybridized carbons (Fsp3) is 0.684. The third-order valence-electron chi connectivity index (χ3n) is 4.84. The molecule has 1 aliphatic carbocycles. The summed E-state index contributed by atoms with van der Waals surface area (Å²) in [6.45, 7) is 8.00. The number of benzene rings is 1. The van der Waals surface area contributed by atoms with Gasteiger partial charge in [0.05, 0.1) is 0 Å². The molecule has 0 spiro atoms. The van der Waals surface area contributed by atoms with E-state index in [2.05, 4.69) is 69.3 Å². The van der Waals surface area contributed by atoms with Crippen LogP contribution in [-0.2, 0) is 6.42 Å². The molecule has 1 fully saturated rings. The first-order valence-corrected chi connectivity index (χ1v) is 8.47.